The van der Waals surface area contributed by atoms with Gasteiger partial charge in [-0.3, -0.25) is 0 Å². The number of aromatic nitrogens is 2. The van der Waals surface area contributed by atoms with Crippen molar-refractivity contribution in [3.8, 4) is 11.4 Å². The van der Waals surface area contributed by atoms with Gasteiger partial charge in [-0.1, -0.05) is 37.1 Å². The first-order valence-electron chi connectivity index (χ1n) is 9.39. The molecule has 1 fully saturated rings. The van der Waals surface area contributed by atoms with E-state index in [2.05, 4.69) is 52.9 Å². The molecule has 0 saturated heterocycles. The van der Waals surface area contributed by atoms with Gasteiger partial charge in [0, 0.05) is 49.2 Å². The number of benzene rings is 1. The second-order valence-electron chi connectivity index (χ2n) is 7.39. The largest absolute Gasteiger partial charge is 0.302 e. The molecule has 1 aliphatic carbocycles. The maximum absolute atomic E-state index is 4.57. The molecule has 3 rings (SSSR count). The lowest BCUT2D eigenvalue weighted by Crippen LogP contribution is -2.36. The van der Waals surface area contributed by atoms with Crippen LogP contribution >= 0.6 is 0 Å². The number of nitrogens with zero attached hydrogens (tertiary/aromatic N) is 4. The van der Waals surface area contributed by atoms with Crippen LogP contribution in [0.5, 0.6) is 0 Å². The van der Waals surface area contributed by atoms with E-state index in [0.717, 1.165) is 37.1 Å². The van der Waals surface area contributed by atoms with Gasteiger partial charge in [0.05, 0.1) is 0 Å². The Hall–Kier alpha value is -1.78. The Morgan fingerprint density at radius 2 is 1.68 bits per heavy atom. The quantitative estimate of drug-likeness (QED) is 0.769. The molecule has 2 aromatic rings. The summed E-state index contributed by atoms with van der Waals surface area (Å²) in [5.41, 5.74) is 3.49. The summed E-state index contributed by atoms with van der Waals surface area (Å²) < 4.78 is 0. The summed E-state index contributed by atoms with van der Waals surface area (Å²) in [4.78, 5) is 14.0. The first-order chi connectivity index (χ1) is 12.1. The van der Waals surface area contributed by atoms with Gasteiger partial charge in [0.2, 0.25) is 0 Å². The molecule has 0 amide bonds. The second-order valence-corrected chi connectivity index (χ2v) is 7.39. The molecule has 0 bridgehead atoms. The predicted octanol–water partition coefficient (Wildman–Crippen LogP) is 3.76. The van der Waals surface area contributed by atoms with Gasteiger partial charge >= 0.3 is 0 Å². The summed E-state index contributed by atoms with van der Waals surface area (Å²) in [5, 5.41) is 0. The molecule has 0 atom stereocenters. The van der Waals surface area contributed by atoms with Gasteiger partial charge in [-0.05, 0) is 39.4 Å². The highest BCUT2D eigenvalue weighted by molar-refractivity contribution is 5.59. The minimum absolute atomic E-state index is 0.796. The van der Waals surface area contributed by atoms with Crippen molar-refractivity contribution in [3.05, 3.63) is 47.8 Å². The molecule has 0 aliphatic heterocycles. The molecule has 0 unspecified atom stereocenters. The van der Waals surface area contributed by atoms with Crippen LogP contribution in [0.1, 0.15) is 36.8 Å². The van der Waals surface area contributed by atoms with Crippen LogP contribution in [0.2, 0.25) is 0 Å². The van der Waals surface area contributed by atoms with Crippen molar-refractivity contribution < 1.29 is 0 Å². The fourth-order valence-electron chi connectivity index (χ4n) is 3.65. The minimum atomic E-state index is 0.796. The van der Waals surface area contributed by atoms with Crippen molar-refractivity contribution in [1.82, 2.24) is 19.8 Å². The molecule has 0 spiro atoms. The van der Waals surface area contributed by atoms with Crippen molar-refractivity contribution in [2.45, 2.75) is 45.2 Å². The molecule has 134 valence electrons. The summed E-state index contributed by atoms with van der Waals surface area (Å²) in [6.45, 7) is 5.20. The summed E-state index contributed by atoms with van der Waals surface area (Å²) in [6.07, 6.45) is 9.46. The van der Waals surface area contributed by atoms with Gasteiger partial charge < -0.3 is 9.80 Å². The summed E-state index contributed by atoms with van der Waals surface area (Å²) in [6, 6.07) is 9.06. The Kier molecular flexibility index (Phi) is 6.16. The highest BCUT2D eigenvalue weighted by atomic mass is 15.2. The number of rotatable bonds is 7. The van der Waals surface area contributed by atoms with E-state index in [1.54, 1.807) is 0 Å². The van der Waals surface area contributed by atoms with Gasteiger partial charge in [0.15, 0.2) is 5.82 Å². The molecule has 4 heteroatoms. The van der Waals surface area contributed by atoms with Gasteiger partial charge in [-0.15, -0.1) is 0 Å². The summed E-state index contributed by atoms with van der Waals surface area (Å²) in [5.74, 6) is 0.811. The minimum Gasteiger partial charge on any atom is -0.302 e. The van der Waals surface area contributed by atoms with Crippen molar-refractivity contribution in [1.29, 1.82) is 0 Å². The lowest BCUT2D eigenvalue weighted by molar-refractivity contribution is 0.204. The van der Waals surface area contributed by atoms with E-state index >= 15 is 0 Å². The van der Waals surface area contributed by atoms with E-state index < -0.39 is 0 Å². The average Bonchev–Trinajstić information content (AvgIpc) is 3.16. The topological polar surface area (TPSA) is 32.3 Å². The normalized spacial score (nSPS) is 15.4. The van der Waals surface area contributed by atoms with Crippen molar-refractivity contribution in [3.63, 3.8) is 0 Å². The first kappa shape index (κ1) is 18.0. The zero-order chi connectivity index (χ0) is 17.6. The van der Waals surface area contributed by atoms with Crippen LogP contribution in [0.15, 0.2) is 36.7 Å². The maximum atomic E-state index is 4.57. The van der Waals surface area contributed by atoms with Crippen LogP contribution in [-0.2, 0) is 6.54 Å². The monoisotopic (exact) mass is 338 g/mol. The Bertz CT molecular complexity index is 662. The Morgan fingerprint density at radius 1 is 1.00 bits per heavy atom. The zero-order valence-electron chi connectivity index (χ0n) is 15.8. The molecule has 1 aromatic heterocycles. The van der Waals surface area contributed by atoms with Crippen LogP contribution < -0.4 is 0 Å². The lowest BCUT2D eigenvalue weighted by atomic mass is 10.1. The van der Waals surface area contributed by atoms with E-state index in [1.807, 2.05) is 24.5 Å². The highest BCUT2D eigenvalue weighted by Gasteiger charge is 2.19. The third kappa shape index (κ3) is 4.86. The fourth-order valence-corrected chi connectivity index (χ4v) is 3.65. The van der Waals surface area contributed by atoms with Crippen LogP contribution in [0.4, 0.5) is 0 Å². The summed E-state index contributed by atoms with van der Waals surface area (Å²) >= 11 is 0. The third-order valence-electron chi connectivity index (χ3n) is 5.33. The Balaban J connectivity index is 1.51. The van der Waals surface area contributed by atoms with Crippen LogP contribution in [-0.4, -0.2) is 53.0 Å². The molecule has 4 nitrogen and oxygen atoms in total. The predicted molar refractivity (Wildman–Crippen MR) is 103 cm³/mol. The Morgan fingerprint density at radius 3 is 2.36 bits per heavy atom. The smallest absolute Gasteiger partial charge is 0.159 e. The summed E-state index contributed by atoms with van der Waals surface area (Å²) in [7, 11) is 4.45. The van der Waals surface area contributed by atoms with Crippen LogP contribution in [0, 0.1) is 6.92 Å². The van der Waals surface area contributed by atoms with Crippen molar-refractivity contribution in [2.75, 3.05) is 27.2 Å². The molecule has 0 radical (unpaired) electrons. The molecule has 1 aliphatic rings. The van der Waals surface area contributed by atoms with Gasteiger partial charge in [0.1, 0.15) is 0 Å². The van der Waals surface area contributed by atoms with Crippen molar-refractivity contribution in [2.24, 2.45) is 0 Å². The van der Waals surface area contributed by atoms with Gasteiger partial charge in [-0.2, -0.15) is 0 Å². The van der Waals surface area contributed by atoms with Crippen molar-refractivity contribution >= 4 is 0 Å². The molecule has 25 heavy (non-hydrogen) atoms. The molecule has 1 aromatic carbocycles. The zero-order valence-corrected chi connectivity index (χ0v) is 15.8. The third-order valence-corrected chi connectivity index (χ3v) is 5.33. The average molecular weight is 338 g/mol. The molecular weight excluding hydrogens is 308 g/mol. The molecule has 1 saturated carbocycles. The number of aryl methyl sites for hydroxylation is 1. The van der Waals surface area contributed by atoms with E-state index in [4.69, 9.17) is 0 Å². The van der Waals surface area contributed by atoms with Crippen LogP contribution in [0.25, 0.3) is 11.4 Å². The molecule has 0 N–H and O–H groups in total. The van der Waals surface area contributed by atoms with E-state index in [0.29, 0.717) is 0 Å². The highest BCUT2D eigenvalue weighted by Crippen LogP contribution is 2.22. The lowest BCUT2D eigenvalue weighted by Gasteiger charge is -2.26. The number of hydrogen-bond acceptors (Lipinski definition) is 4. The Labute approximate surface area is 151 Å². The number of likely N-dealkylation sites (N-methyl/N-ethyl adjacent to an activating group) is 2. The van der Waals surface area contributed by atoms with Gasteiger partial charge in [0.25, 0.3) is 0 Å². The SMILES string of the molecule is Cc1ccccc1-c1ncc(CN(C)CCN(C)C2CCCC2)cn1. The maximum Gasteiger partial charge on any atom is 0.159 e. The first-order valence-corrected chi connectivity index (χ1v) is 9.39. The van der Waals surface area contributed by atoms with E-state index in [9.17, 15) is 0 Å². The van der Waals surface area contributed by atoms with Crippen LogP contribution in [0.3, 0.4) is 0 Å². The second kappa shape index (κ2) is 8.54. The molecule has 1 heterocycles. The molecular formula is C21H30N4. The van der Waals surface area contributed by atoms with E-state index in [1.165, 1.54) is 36.8 Å². The van der Waals surface area contributed by atoms with E-state index in [-0.39, 0.29) is 0 Å². The van der Waals surface area contributed by atoms with Gasteiger partial charge in [-0.25, -0.2) is 9.97 Å². The number of hydrogen-bond donors (Lipinski definition) is 0. The fraction of sp³-hybridized carbons (Fsp3) is 0.524. The standard InChI is InChI=1S/C21H30N4/c1-17-8-4-7-11-20(17)21-22-14-18(15-23-21)16-24(2)12-13-25(3)19-9-5-6-10-19/h4,7-8,11,14-15,19H,5-6,9-10,12-13,16H2,1-3H3.